The second-order valence-electron chi connectivity index (χ2n) is 8.98. The summed E-state index contributed by atoms with van der Waals surface area (Å²) in [5.41, 5.74) is 15.3. The van der Waals surface area contributed by atoms with Crippen LogP contribution in [0, 0.1) is 10.2 Å². The van der Waals surface area contributed by atoms with E-state index in [0.29, 0.717) is 20.6 Å². The molecule has 8 nitrogen and oxygen atoms in total. The predicted octanol–water partition coefficient (Wildman–Crippen LogP) is 4.14. The van der Waals surface area contributed by atoms with Crippen LogP contribution in [0.4, 0.5) is 11.6 Å². The summed E-state index contributed by atoms with van der Waals surface area (Å²) >= 11 is 7.67. The van der Waals surface area contributed by atoms with Crippen molar-refractivity contribution >= 4 is 44.7 Å². The van der Waals surface area contributed by atoms with E-state index in [1.54, 1.807) is 24.4 Å². The van der Waals surface area contributed by atoms with Crippen LogP contribution in [0.5, 0.6) is 0 Å². The Bertz CT molecular complexity index is 1360. The number of hydrogen-bond donors (Lipinski definition) is 3. The quantitative estimate of drug-likeness (QED) is 0.471. The lowest BCUT2D eigenvalue weighted by molar-refractivity contribution is 0.186. The van der Waals surface area contributed by atoms with Crippen LogP contribution in [0.1, 0.15) is 30.1 Å². The minimum absolute atomic E-state index is 0.00956. The van der Waals surface area contributed by atoms with Gasteiger partial charge in [0.05, 0.1) is 25.8 Å². The molecule has 1 aromatic carbocycles. The number of aromatic nitrogens is 3. The van der Waals surface area contributed by atoms with Crippen LogP contribution in [0.3, 0.4) is 0 Å². The van der Waals surface area contributed by atoms with E-state index in [1.807, 2.05) is 12.3 Å². The summed E-state index contributed by atoms with van der Waals surface area (Å²) in [5.74, 6) is 1.04. The first kappa shape index (κ1) is 23.3. The first-order valence-corrected chi connectivity index (χ1v) is 14.1. The first-order chi connectivity index (χ1) is 16.2. The molecule has 3 aromatic rings. The lowest BCUT2D eigenvalue weighted by Gasteiger charge is -2.42. The normalized spacial score (nSPS) is 20.8. The number of anilines is 2. The maximum absolute atomic E-state index is 12.2. The molecule has 0 amide bonds. The zero-order valence-electron chi connectivity index (χ0n) is 18.7. The molecule has 1 saturated heterocycles. The number of nitrogens with zero attached hydrogens (tertiary/aromatic N) is 4. The summed E-state index contributed by atoms with van der Waals surface area (Å²) < 4.78 is 20.0. The van der Waals surface area contributed by atoms with E-state index < -0.39 is 9.73 Å². The Hall–Kier alpha value is -2.40. The number of benzene rings is 1. The number of rotatable bonds is 4. The molecule has 0 saturated carbocycles. The Morgan fingerprint density at radius 1 is 1.24 bits per heavy atom. The Morgan fingerprint density at radius 3 is 2.68 bits per heavy atom. The van der Waals surface area contributed by atoms with Crippen molar-refractivity contribution in [3.63, 3.8) is 0 Å². The molecule has 5 rings (SSSR count). The van der Waals surface area contributed by atoms with Crippen LogP contribution in [0.15, 0.2) is 57.5 Å². The van der Waals surface area contributed by atoms with E-state index >= 15 is 0 Å². The van der Waals surface area contributed by atoms with Gasteiger partial charge in [0.15, 0.2) is 5.82 Å². The fourth-order valence-corrected chi connectivity index (χ4v) is 7.26. The summed E-state index contributed by atoms with van der Waals surface area (Å²) in [5, 5.41) is 0.799. The molecular formula is C23H26ClN7OS2. The largest absolute Gasteiger partial charge is 0.381 e. The van der Waals surface area contributed by atoms with E-state index in [2.05, 4.69) is 25.9 Å². The molecule has 1 aliphatic carbocycles. The topological polar surface area (TPSA) is 135 Å². The number of piperidine rings is 1. The van der Waals surface area contributed by atoms with Gasteiger partial charge in [-0.05, 0) is 48.4 Å². The van der Waals surface area contributed by atoms with Gasteiger partial charge < -0.3 is 16.4 Å². The highest BCUT2D eigenvalue weighted by Gasteiger charge is 2.46. The lowest BCUT2D eigenvalue weighted by Crippen LogP contribution is -2.44. The number of nitrogens with two attached hydrogens (primary N) is 2. The average Bonchev–Trinajstić information content (AvgIpc) is 3.07. The average molecular weight is 516 g/mol. The highest BCUT2D eigenvalue weighted by Crippen LogP contribution is 2.50. The van der Waals surface area contributed by atoms with Crippen molar-refractivity contribution in [3.05, 3.63) is 59.0 Å². The highest BCUT2D eigenvalue weighted by molar-refractivity contribution is 7.99. The molecule has 5 N–H and O–H groups in total. The monoisotopic (exact) mass is 515 g/mol. The molecule has 34 heavy (non-hydrogen) atoms. The molecule has 0 radical (unpaired) electrons. The van der Waals surface area contributed by atoms with Crippen LogP contribution in [0.2, 0.25) is 5.02 Å². The van der Waals surface area contributed by atoms with Gasteiger partial charge in [0.1, 0.15) is 10.8 Å². The SMILES string of the molecule is CS(=N)(=O)c1cccc(Sc2ncc(N3CCC4(CC3)Cc3ncccc3C4N)nc2N)c1Cl. The van der Waals surface area contributed by atoms with E-state index in [4.69, 9.17) is 27.8 Å². The van der Waals surface area contributed by atoms with Crippen LogP contribution < -0.4 is 16.4 Å². The number of nitrogen functional groups attached to an aromatic ring is 1. The van der Waals surface area contributed by atoms with Gasteiger partial charge in [0.2, 0.25) is 0 Å². The van der Waals surface area contributed by atoms with E-state index in [1.165, 1.54) is 23.6 Å². The maximum atomic E-state index is 12.2. The number of pyridine rings is 1. The van der Waals surface area contributed by atoms with Crippen LogP contribution >= 0.6 is 23.4 Å². The molecule has 0 bridgehead atoms. The third-order valence-corrected chi connectivity index (χ3v) is 9.71. The van der Waals surface area contributed by atoms with Crippen molar-refractivity contribution in [1.29, 1.82) is 4.78 Å². The minimum Gasteiger partial charge on any atom is -0.381 e. The van der Waals surface area contributed by atoms with Crippen molar-refractivity contribution in [2.75, 3.05) is 30.0 Å². The van der Waals surface area contributed by atoms with Gasteiger partial charge in [-0.15, -0.1) is 0 Å². The molecular weight excluding hydrogens is 490 g/mol. The fourth-order valence-electron chi connectivity index (χ4n) is 4.91. The van der Waals surface area contributed by atoms with Gasteiger partial charge in [-0.1, -0.05) is 35.5 Å². The Balaban J connectivity index is 1.30. The zero-order chi connectivity index (χ0) is 24.1. The summed E-state index contributed by atoms with van der Waals surface area (Å²) in [7, 11) is -2.94. The number of nitrogens with one attached hydrogen (secondary N) is 1. The van der Waals surface area contributed by atoms with Gasteiger partial charge in [0.25, 0.3) is 0 Å². The summed E-state index contributed by atoms with van der Waals surface area (Å²) in [6.07, 6.45) is 7.75. The van der Waals surface area contributed by atoms with E-state index in [9.17, 15) is 4.21 Å². The molecule has 2 unspecified atom stereocenters. The van der Waals surface area contributed by atoms with E-state index in [0.717, 1.165) is 43.9 Å². The standard InChI is InChI=1S/C23H26ClN7OS2/c1-34(27,32)17-6-2-5-16(19(17)24)33-22-21(26)30-18(13-29-22)31-10-7-23(8-11-31)12-15-14(20(23)25)4-3-9-28-15/h2-6,9,13,20,27H,7-8,10-12,25H2,1H3,(H2,26,30). The van der Waals surface area contributed by atoms with Gasteiger partial charge in [-0.25, -0.2) is 19.0 Å². The van der Waals surface area contributed by atoms with Gasteiger partial charge >= 0.3 is 0 Å². The minimum atomic E-state index is -2.94. The Morgan fingerprint density at radius 2 is 2.00 bits per heavy atom. The maximum Gasteiger partial charge on any atom is 0.158 e. The zero-order valence-corrected chi connectivity index (χ0v) is 21.1. The van der Waals surface area contributed by atoms with Crippen LogP contribution in [0.25, 0.3) is 0 Å². The van der Waals surface area contributed by atoms with Crippen molar-refractivity contribution in [2.24, 2.45) is 11.1 Å². The van der Waals surface area contributed by atoms with E-state index in [-0.39, 0.29) is 16.5 Å². The lowest BCUT2D eigenvalue weighted by atomic mass is 9.73. The second kappa shape index (κ2) is 8.67. The highest BCUT2D eigenvalue weighted by atomic mass is 35.5. The van der Waals surface area contributed by atoms with Crippen molar-refractivity contribution < 1.29 is 4.21 Å². The van der Waals surface area contributed by atoms with Gasteiger partial charge in [0, 0.05) is 42.2 Å². The fraction of sp³-hybridized carbons (Fsp3) is 0.348. The third kappa shape index (κ3) is 4.13. The van der Waals surface area contributed by atoms with Gasteiger partial charge in [-0.2, -0.15) is 0 Å². The van der Waals surface area contributed by atoms with Crippen LogP contribution in [-0.2, 0) is 16.1 Å². The summed E-state index contributed by atoms with van der Waals surface area (Å²) in [4.78, 5) is 16.8. The molecule has 1 spiro atoms. The van der Waals surface area contributed by atoms with Crippen molar-refractivity contribution in [1.82, 2.24) is 15.0 Å². The van der Waals surface area contributed by atoms with Crippen molar-refractivity contribution in [2.45, 2.75) is 40.1 Å². The molecule has 2 atom stereocenters. The molecule has 1 fully saturated rings. The molecule has 2 aliphatic rings. The van der Waals surface area contributed by atoms with Gasteiger partial charge in [-0.3, -0.25) is 4.98 Å². The summed E-state index contributed by atoms with van der Waals surface area (Å²) in [6.45, 7) is 1.65. The third-order valence-electron chi connectivity index (χ3n) is 6.83. The number of fused-ring (bicyclic) bond motifs is 1. The molecule has 11 heteroatoms. The van der Waals surface area contributed by atoms with Crippen molar-refractivity contribution in [3.8, 4) is 0 Å². The van der Waals surface area contributed by atoms with Crippen LogP contribution in [-0.4, -0.2) is 38.5 Å². The number of halogens is 1. The second-order valence-corrected chi connectivity index (χ2v) is 12.5. The Labute approximate surface area is 208 Å². The Kier molecular flexibility index (Phi) is 5.96. The molecule has 1 aliphatic heterocycles. The smallest absolute Gasteiger partial charge is 0.158 e. The predicted molar refractivity (Wildman–Crippen MR) is 136 cm³/mol. The summed E-state index contributed by atoms with van der Waals surface area (Å²) in [6, 6.07) is 9.19. The molecule has 2 aromatic heterocycles. The molecule has 178 valence electrons. The molecule has 3 heterocycles. The first-order valence-electron chi connectivity index (χ1n) is 10.9. The number of hydrogen-bond acceptors (Lipinski definition) is 9.